The number of carbonyl (C=O) groups is 1. The van der Waals surface area contributed by atoms with Gasteiger partial charge in [0.15, 0.2) is 0 Å². The Labute approximate surface area is 142 Å². The van der Waals surface area contributed by atoms with Crippen molar-refractivity contribution in [3.05, 3.63) is 84.4 Å². The molecule has 1 atom stereocenters. The molecule has 4 heteroatoms. The minimum Gasteiger partial charge on any atom is -0.350 e. The van der Waals surface area contributed by atoms with E-state index in [1.165, 1.54) is 5.56 Å². The molecule has 0 aliphatic carbocycles. The van der Waals surface area contributed by atoms with Gasteiger partial charge >= 0.3 is 0 Å². The van der Waals surface area contributed by atoms with Crippen LogP contribution < -0.4 is 5.32 Å². The first-order valence-corrected chi connectivity index (χ1v) is 8.20. The number of hydrogen-bond acceptors (Lipinski definition) is 2. The van der Waals surface area contributed by atoms with Crippen molar-refractivity contribution in [2.24, 2.45) is 0 Å². The molecule has 1 amide bonds. The van der Waals surface area contributed by atoms with Gasteiger partial charge in [-0.1, -0.05) is 55.5 Å². The molecule has 122 valence electrons. The second kappa shape index (κ2) is 7.59. The van der Waals surface area contributed by atoms with Crippen LogP contribution in [0.1, 0.15) is 35.3 Å². The quantitative estimate of drug-likeness (QED) is 0.751. The van der Waals surface area contributed by atoms with Gasteiger partial charge in [0.1, 0.15) is 5.69 Å². The summed E-state index contributed by atoms with van der Waals surface area (Å²) in [6, 6.07) is 20.0. The summed E-state index contributed by atoms with van der Waals surface area (Å²) < 4.78 is 1.80. The highest BCUT2D eigenvalue weighted by atomic mass is 16.1. The average molecular weight is 319 g/mol. The Bertz CT molecular complexity index is 781. The highest BCUT2D eigenvalue weighted by molar-refractivity contribution is 5.93. The van der Waals surface area contributed by atoms with Crippen molar-refractivity contribution < 1.29 is 4.79 Å². The maximum Gasteiger partial charge on any atom is 0.269 e. The molecule has 0 aliphatic rings. The summed E-state index contributed by atoms with van der Waals surface area (Å²) in [6.45, 7) is 2.75. The number of benzene rings is 2. The second-order valence-corrected chi connectivity index (χ2v) is 5.71. The molecule has 0 spiro atoms. The first-order valence-electron chi connectivity index (χ1n) is 8.20. The maximum atomic E-state index is 12.6. The summed E-state index contributed by atoms with van der Waals surface area (Å²) in [5.74, 6) is 0.203. The highest BCUT2D eigenvalue weighted by Crippen LogP contribution is 2.18. The number of hydrogen-bond donors (Lipinski definition) is 1. The van der Waals surface area contributed by atoms with Gasteiger partial charge in [-0.2, -0.15) is 0 Å². The third-order valence-corrected chi connectivity index (χ3v) is 4.18. The van der Waals surface area contributed by atoms with E-state index in [4.69, 9.17) is 0 Å². The Morgan fingerprint density at radius 3 is 2.42 bits per heavy atom. The van der Waals surface area contributed by atoms with Crippen LogP contribution in [0.2, 0.25) is 0 Å². The van der Waals surface area contributed by atoms with Gasteiger partial charge in [0, 0.05) is 18.2 Å². The molecule has 4 nitrogen and oxygen atoms in total. The lowest BCUT2D eigenvalue weighted by Gasteiger charge is -2.16. The number of nitrogens with zero attached hydrogens (tertiary/aromatic N) is 2. The molecule has 1 N–H and O–H groups in total. The van der Waals surface area contributed by atoms with E-state index in [1.807, 2.05) is 48.5 Å². The van der Waals surface area contributed by atoms with E-state index < -0.39 is 0 Å². The first-order chi connectivity index (χ1) is 11.8. The lowest BCUT2D eigenvalue weighted by molar-refractivity contribution is 0.0944. The van der Waals surface area contributed by atoms with Crippen LogP contribution in [0.15, 0.2) is 73.2 Å². The number of imidazole rings is 1. The number of rotatable bonds is 6. The van der Waals surface area contributed by atoms with E-state index in [0.717, 1.165) is 12.1 Å². The largest absolute Gasteiger partial charge is 0.350 e. The van der Waals surface area contributed by atoms with Gasteiger partial charge in [0.05, 0.1) is 12.5 Å². The number of para-hydroxylation sites is 1. The zero-order valence-electron chi connectivity index (χ0n) is 13.7. The SMILES string of the molecule is CCC(CNC(=O)c1cncn1-c1ccccc1)c1ccccc1. The zero-order valence-corrected chi connectivity index (χ0v) is 13.7. The van der Waals surface area contributed by atoms with Crippen LogP contribution in [0.5, 0.6) is 0 Å². The summed E-state index contributed by atoms with van der Waals surface area (Å²) >= 11 is 0. The molecule has 1 heterocycles. The van der Waals surface area contributed by atoms with E-state index in [-0.39, 0.29) is 5.91 Å². The van der Waals surface area contributed by atoms with Crippen LogP contribution in [-0.2, 0) is 0 Å². The molecule has 0 aliphatic heterocycles. The molecule has 0 saturated heterocycles. The molecule has 0 saturated carbocycles. The molecule has 0 bridgehead atoms. The fourth-order valence-corrected chi connectivity index (χ4v) is 2.79. The van der Waals surface area contributed by atoms with Gasteiger partial charge in [0.2, 0.25) is 0 Å². The first kappa shape index (κ1) is 16.0. The Morgan fingerprint density at radius 1 is 1.08 bits per heavy atom. The Morgan fingerprint density at radius 2 is 1.75 bits per heavy atom. The van der Waals surface area contributed by atoms with Crippen molar-refractivity contribution in [3.63, 3.8) is 0 Å². The standard InChI is InChI=1S/C20H21N3O/c1-2-16(17-9-5-3-6-10-17)13-22-20(24)19-14-21-15-23(19)18-11-7-4-8-12-18/h3-12,14-16H,2,13H2,1H3,(H,22,24). The van der Waals surface area contributed by atoms with Crippen LogP contribution >= 0.6 is 0 Å². The van der Waals surface area contributed by atoms with Gasteiger partial charge < -0.3 is 5.32 Å². The zero-order chi connectivity index (χ0) is 16.8. The van der Waals surface area contributed by atoms with E-state index in [1.54, 1.807) is 17.1 Å². The lowest BCUT2D eigenvalue weighted by Crippen LogP contribution is -2.29. The smallest absolute Gasteiger partial charge is 0.269 e. The summed E-state index contributed by atoms with van der Waals surface area (Å²) in [6.07, 6.45) is 4.24. The Kier molecular flexibility index (Phi) is 5.06. The normalized spacial score (nSPS) is 11.9. The molecule has 1 aromatic heterocycles. The molecule has 24 heavy (non-hydrogen) atoms. The number of amides is 1. The topological polar surface area (TPSA) is 46.9 Å². The van der Waals surface area contributed by atoms with E-state index >= 15 is 0 Å². The van der Waals surface area contributed by atoms with Crippen LogP contribution in [0.4, 0.5) is 0 Å². The molecular weight excluding hydrogens is 298 g/mol. The van der Waals surface area contributed by atoms with E-state index in [0.29, 0.717) is 18.2 Å². The molecule has 1 unspecified atom stereocenters. The van der Waals surface area contributed by atoms with Gasteiger partial charge in [-0.05, 0) is 24.1 Å². The number of aromatic nitrogens is 2. The van der Waals surface area contributed by atoms with E-state index in [2.05, 4.69) is 29.4 Å². The fraction of sp³-hybridized carbons (Fsp3) is 0.200. The monoisotopic (exact) mass is 319 g/mol. The van der Waals surface area contributed by atoms with Crippen molar-refractivity contribution in [2.45, 2.75) is 19.3 Å². The second-order valence-electron chi connectivity index (χ2n) is 5.71. The van der Waals surface area contributed by atoms with Crippen LogP contribution in [0.3, 0.4) is 0 Å². The summed E-state index contributed by atoms with van der Waals surface area (Å²) in [5, 5.41) is 3.04. The van der Waals surface area contributed by atoms with Crippen molar-refractivity contribution in [3.8, 4) is 5.69 Å². The van der Waals surface area contributed by atoms with Gasteiger partial charge in [-0.3, -0.25) is 9.36 Å². The predicted octanol–water partition coefficient (Wildman–Crippen LogP) is 3.80. The Hall–Kier alpha value is -2.88. The van der Waals surface area contributed by atoms with Gasteiger partial charge in [-0.25, -0.2) is 4.98 Å². The van der Waals surface area contributed by atoms with Crippen molar-refractivity contribution in [2.75, 3.05) is 6.54 Å². The molecule has 0 radical (unpaired) electrons. The summed E-state index contributed by atoms with van der Waals surface area (Å²) in [7, 11) is 0. The van der Waals surface area contributed by atoms with Gasteiger partial charge in [0.25, 0.3) is 5.91 Å². The minimum absolute atomic E-state index is 0.106. The predicted molar refractivity (Wildman–Crippen MR) is 95.4 cm³/mol. The number of nitrogens with one attached hydrogen (secondary N) is 1. The lowest BCUT2D eigenvalue weighted by atomic mass is 9.96. The minimum atomic E-state index is -0.106. The molecular formula is C20H21N3O. The molecule has 3 rings (SSSR count). The fourth-order valence-electron chi connectivity index (χ4n) is 2.79. The summed E-state index contributed by atoms with van der Waals surface area (Å²) in [5.41, 5.74) is 2.72. The molecule has 0 fully saturated rings. The van der Waals surface area contributed by atoms with Crippen molar-refractivity contribution >= 4 is 5.91 Å². The third kappa shape index (κ3) is 3.54. The summed E-state index contributed by atoms with van der Waals surface area (Å²) in [4.78, 5) is 16.7. The molecule has 2 aromatic carbocycles. The van der Waals surface area contributed by atoms with Crippen molar-refractivity contribution in [1.29, 1.82) is 0 Å². The van der Waals surface area contributed by atoms with Crippen LogP contribution in [0.25, 0.3) is 5.69 Å². The van der Waals surface area contributed by atoms with Crippen molar-refractivity contribution in [1.82, 2.24) is 14.9 Å². The highest BCUT2D eigenvalue weighted by Gasteiger charge is 2.15. The van der Waals surface area contributed by atoms with Crippen LogP contribution in [-0.4, -0.2) is 22.0 Å². The molecule has 3 aromatic rings. The van der Waals surface area contributed by atoms with Gasteiger partial charge in [-0.15, -0.1) is 0 Å². The third-order valence-electron chi connectivity index (χ3n) is 4.18. The number of carbonyl (C=O) groups excluding carboxylic acids is 1. The maximum absolute atomic E-state index is 12.6. The van der Waals surface area contributed by atoms with Crippen LogP contribution in [0, 0.1) is 0 Å². The van der Waals surface area contributed by atoms with E-state index in [9.17, 15) is 4.79 Å². The average Bonchev–Trinajstić information content (AvgIpc) is 3.13. The Balaban J connectivity index is 1.71.